The molecule has 1 aromatic carbocycles. The second kappa shape index (κ2) is 9.74. The number of hydrogen-bond acceptors (Lipinski definition) is 8. The number of carbonyl (C=O) groups excluding carboxylic acids is 2. The maximum Gasteiger partial charge on any atom is 0.543 e. The lowest BCUT2D eigenvalue weighted by molar-refractivity contribution is -0.452. The fourth-order valence-corrected chi connectivity index (χ4v) is 1.51. The molecule has 0 amide bonds. The monoisotopic (exact) mass is 342 g/mol. The number of hydrogen-bond donors (Lipinski definition) is 0. The summed E-state index contributed by atoms with van der Waals surface area (Å²) >= 11 is 0. The molecule has 0 aliphatic heterocycles. The van der Waals surface area contributed by atoms with Crippen molar-refractivity contribution < 1.29 is 38.6 Å². The zero-order valence-electron chi connectivity index (χ0n) is 14.2. The van der Waals surface area contributed by atoms with Gasteiger partial charge in [0.05, 0.1) is 29.4 Å². The van der Waals surface area contributed by atoms with Crippen LogP contribution in [0.3, 0.4) is 0 Å². The molecular formula is C16H22O8. The van der Waals surface area contributed by atoms with E-state index >= 15 is 0 Å². The molecule has 0 atom stereocenters. The lowest BCUT2D eigenvalue weighted by atomic mass is 10.1. The van der Waals surface area contributed by atoms with Crippen LogP contribution in [-0.4, -0.2) is 38.0 Å². The number of ether oxygens (including phenoxy) is 3. The van der Waals surface area contributed by atoms with Gasteiger partial charge in [-0.3, -0.25) is 4.89 Å². The summed E-state index contributed by atoms with van der Waals surface area (Å²) in [5.41, 5.74) is -0.251. The molecule has 0 spiro atoms. The second-order valence-electron chi connectivity index (χ2n) is 5.30. The topological polar surface area (TPSA) is 89.5 Å². The Balaban J connectivity index is 2.30. The Bertz CT molecular complexity index is 541. The van der Waals surface area contributed by atoms with E-state index in [2.05, 4.69) is 14.8 Å². The Labute approximate surface area is 140 Å². The molecular weight excluding hydrogens is 320 g/mol. The Morgan fingerprint density at radius 3 is 2.58 bits per heavy atom. The van der Waals surface area contributed by atoms with Gasteiger partial charge in [-0.25, -0.2) is 14.5 Å². The van der Waals surface area contributed by atoms with Crippen LogP contribution in [0.1, 0.15) is 37.6 Å². The van der Waals surface area contributed by atoms with Gasteiger partial charge in [0.1, 0.15) is 5.75 Å². The molecule has 0 aliphatic carbocycles. The number of rotatable bonds is 9. The summed E-state index contributed by atoms with van der Waals surface area (Å²) in [5.74, 6) is -0.335. The first-order valence-electron chi connectivity index (χ1n) is 7.38. The molecule has 0 aliphatic rings. The molecule has 0 saturated heterocycles. The second-order valence-corrected chi connectivity index (χ2v) is 5.30. The predicted octanol–water partition coefficient (Wildman–Crippen LogP) is 3.06. The van der Waals surface area contributed by atoms with Gasteiger partial charge in [-0.2, -0.15) is 0 Å². The molecule has 0 aromatic heterocycles. The summed E-state index contributed by atoms with van der Waals surface area (Å²) in [7, 11) is 1.56. The van der Waals surface area contributed by atoms with E-state index in [9.17, 15) is 9.59 Å². The fourth-order valence-electron chi connectivity index (χ4n) is 1.51. The van der Waals surface area contributed by atoms with Crippen LogP contribution in [0.4, 0.5) is 4.79 Å². The van der Waals surface area contributed by atoms with Crippen molar-refractivity contribution >= 4 is 12.1 Å². The van der Waals surface area contributed by atoms with Crippen molar-refractivity contribution in [1.82, 2.24) is 0 Å². The van der Waals surface area contributed by atoms with Gasteiger partial charge in [0, 0.05) is 13.5 Å². The maximum absolute atomic E-state index is 11.7. The van der Waals surface area contributed by atoms with Crippen molar-refractivity contribution in [3.63, 3.8) is 0 Å². The molecule has 1 rings (SSSR count). The average Bonchev–Trinajstić information content (AvgIpc) is 2.55. The highest BCUT2D eigenvalue weighted by Crippen LogP contribution is 2.14. The summed E-state index contributed by atoms with van der Waals surface area (Å²) < 4.78 is 15.2. The number of benzene rings is 1. The summed E-state index contributed by atoms with van der Waals surface area (Å²) in [6.07, 6.45) is -0.666. The molecule has 0 radical (unpaired) electrons. The predicted molar refractivity (Wildman–Crippen MR) is 82.2 cm³/mol. The molecule has 0 bridgehead atoms. The largest absolute Gasteiger partial charge is 0.543 e. The Hall–Kier alpha value is -2.32. The van der Waals surface area contributed by atoms with Gasteiger partial charge >= 0.3 is 12.1 Å². The number of methoxy groups -OCH3 is 1. The molecule has 0 unspecified atom stereocenters. The lowest BCUT2D eigenvalue weighted by Crippen LogP contribution is -2.25. The average molecular weight is 342 g/mol. The Morgan fingerprint density at radius 1 is 1.17 bits per heavy atom. The zero-order chi connectivity index (χ0) is 18.0. The molecule has 24 heavy (non-hydrogen) atoms. The molecule has 0 N–H and O–H groups in total. The first-order chi connectivity index (χ1) is 11.4. The van der Waals surface area contributed by atoms with E-state index in [1.165, 1.54) is 12.1 Å². The first kappa shape index (κ1) is 19.7. The van der Waals surface area contributed by atoms with Crippen LogP contribution in [0.15, 0.2) is 24.3 Å². The summed E-state index contributed by atoms with van der Waals surface area (Å²) in [5, 5.41) is 4.12. The van der Waals surface area contributed by atoms with Crippen molar-refractivity contribution in [2.75, 3.05) is 20.3 Å². The molecule has 134 valence electrons. The van der Waals surface area contributed by atoms with E-state index in [4.69, 9.17) is 14.2 Å². The van der Waals surface area contributed by atoms with Crippen molar-refractivity contribution in [2.24, 2.45) is 0 Å². The van der Waals surface area contributed by atoms with Crippen LogP contribution < -0.4 is 4.74 Å². The van der Waals surface area contributed by atoms with Gasteiger partial charge in [-0.1, -0.05) is 6.07 Å². The standard InChI is InChI=1S/C16H22O8/c1-5-20-13-8-6-7-12(11-13)14(17)22-24-23-15(18)21-10-9-16(2,3)19-4/h6-8,11H,5,9-10H2,1-4H3. The van der Waals surface area contributed by atoms with Crippen LogP contribution in [0.5, 0.6) is 5.75 Å². The smallest absolute Gasteiger partial charge is 0.494 e. The fraction of sp³-hybridized carbons (Fsp3) is 0.500. The first-order valence-corrected chi connectivity index (χ1v) is 7.38. The van der Waals surface area contributed by atoms with Crippen LogP contribution in [0.2, 0.25) is 0 Å². The van der Waals surface area contributed by atoms with Gasteiger partial charge in [0.25, 0.3) is 0 Å². The summed E-state index contributed by atoms with van der Waals surface area (Å²) in [4.78, 5) is 31.5. The molecule has 1 aromatic rings. The van der Waals surface area contributed by atoms with Gasteiger partial charge < -0.3 is 14.2 Å². The van der Waals surface area contributed by atoms with E-state index in [1.807, 2.05) is 20.8 Å². The minimum absolute atomic E-state index is 0.0629. The quantitative estimate of drug-likeness (QED) is 0.384. The van der Waals surface area contributed by atoms with Gasteiger partial charge in [-0.15, -0.1) is 0 Å². The third kappa shape index (κ3) is 7.30. The third-order valence-electron chi connectivity index (χ3n) is 3.07. The Kier molecular flexibility index (Phi) is 8.00. The minimum atomic E-state index is -1.13. The normalized spacial score (nSPS) is 10.8. The SMILES string of the molecule is CCOc1cccc(C(=O)OOOC(=O)OCCC(C)(C)OC)c1. The molecule has 8 heteroatoms. The minimum Gasteiger partial charge on any atom is -0.494 e. The van der Waals surface area contributed by atoms with Crippen molar-refractivity contribution in [3.05, 3.63) is 29.8 Å². The highest BCUT2D eigenvalue weighted by molar-refractivity contribution is 5.89. The molecule has 0 heterocycles. The molecule has 0 fully saturated rings. The van der Waals surface area contributed by atoms with E-state index in [0.29, 0.717) is 18.8 Å². The lowest BCUT2D eigenvalue weighted by Gasteiger charge is -2.21. The zero-order valence-corrected chi connectivity index (χ0v) is 14.2. The Morgan fingerprint density at radius 2 is 1.92 bits per heavy atom. The van der Waals surface area contributed by atoms with E-state index in [1.54, 1.807) is 19.2 Å². The summed E-state index contributed by atoms with van der Waals surface area (Å²) in [6, 6.07) is 6.28. The van der Waals surface area contributed by atoms with Crippen LogP contribution >= 0.6 is 0 Å². The molecule has 8 nitrogen and oxygen atoms in total. The van der Waals surface area contributed by atoms with Crippen LogP contribution in [-0.2, 0) is 24.3 Å². The van der Waals surface area contributed by atoms with E-state index < -0.39 is 17.7 Å². The highest BCUT2D eigenvalue weighted by atomic mass is 17.5. The third-order valence-corrected chi connectivity index (χ3v) is 3.07. The highest BCUT2D eigenvalue weighted by Gasteiger charge is 2.18. The van der Waals surface area contributed by atoms with Crippen molar-refractivity contribution in [1.29, 1.82) is 0 Å². The van der Waals surface area contributed by atoms with Gasteiger partial charge in [-0.05, 0) is 39.0 Å². The van der Waals surface area contributed by atoms with E-state index in [0.717, 1.165) is 0 Å². The summed E-state index contributed by atoms with van der Waals surface area (Å²) in [6.45, 7) is 6.03. The van der Waals surface area contributed by atoms with Crippen LogP contribution in [0, 0.1) is 0 Å². The van der Waals surface area contributed by atoms with Gasteiger partial charge in [0.2, 0.25) is 0 Å². The van der Waals surface area contributed by atoms with Crippen LogP contribution in [0.25, 0.3) is 0 Å². The van der Waals surface area contributed by atoms with Gasteiger partial charge in [0.15, 0.2) is 0 Å². The maximum atomic E-state index is 11.7. The number of carbonyl (C=O) groups is 2. The molecule has 0 saturated carbocycles. The van der Waals surface area contributed by atoms with Crippen molar-refractivity contribution in [2.45, 2.75) is 32.8 Å². The van der Waals surface area contributed by atoms with Crippen molar-refractivity contribution in [3.8, 4) is 5.75 Å². The van der Waals surface area contributed by atoms with E-state index in [-0.39, 0.29) is 12.2 Å².